The van der Waals surface area contributed by atoms with E-state index in [1.54, 1.807) is 0 Å². The lowest BCUT2D eigenvalue weighted by Crippen LogP contribution is -2.29. The molecule has 8 rings (SSSR count). The topological polar surface area (TPSA) is 52.5 Å². The molecular weight excluding hydrogens is 472 g/mol. The van der Waals surface area contributed by atoms with Gasteiger partial charge in [0.05, 0.1) is 16.8 Å². The van der Waals surface area contributed by atoms with Crippen LogP contribution in [0.2, 0.25) is 0 Å². The Morgan fingerprint density at radius 2 is 1.47 bits per heavy atom. The molecule has 182 valence electrons. The van der Waals surface area contributed by atoms with Crippen LogP contribution >= 0.6 is 0 Å². The molecule has 0 radical (unpaired) electrons. The molecule has 0 spiro atoms. The van der Waals surface area contributed by atoms with E-state index in [2.05, 4.69) is 47.8 Å². The van der Waals surface area contributed by atoms with Crippen molar-refractivity contribution in [3.63, 3.8) is 0 Å². The van der Waals surface area contributed by atoms with E-state index < -0.39 is 0 Å². The fraction of sp³-hybridized carbons (Fsp3) is 0.0606. The Kier molecular flexibility index (Phi) is 4.43. The van der Waals surface area contributed by atoms with Crippen molar-refractivity contribution in [2.75, 3.05) is 12.1 Å². The molecule has 38 heavy (non-hydrogen) atoms. The van der Waals surface area contributed by atoms with Gasteiger partial charge in [-0.05, 0) is 58.3 Å². The lowest BCUT2D eigenvalue weighted by atomic mass is 9.78. The summed E-state index contributed by atoms with van der Waals surface area (Å²) in [6.07, 6.45) is 0. The van der Waals surface area contributed by atoms with Crippen molar-refractivity contribution in [1.82, 2.24) is 4.57 Å². The van der Waals surface area contributed by atoms with Crippen molar-refractivity contribution < 1.29 is 9.47 Å². The molecule has 0 fully saturated rings. The van der Waals surface area contributed by atoms with Crippen LogP contribution in [0.4, 0.5) is 11.4 Å². The minimum Gasteiger partial charge on any atom is -0.454 e. The van der Waals surface area contributed by atoms with Crippen molar-refractivity contribution in [3.05, 3.63) is 136 Å². The number of fused-ring (bicyclic) bond motifs is 7. The third kappa shape index (κ3) is 2.96. The monoisotopic (exact) mass is 494 g/mol. The summed E-state index contributed by atoms with van der Waals surface area (Å²) in [5, 5.41) is 6.92. The summed E-state index contributed by atoms with van der Waals surface area (Å²) in [6, 6.07) is 36.6. The fourth-order valence-corrected chi connectivity index (χ4v) is 6.02. The van der Waals surface area contributed by atoms with E-state index in [4.69, 9.17) is 9.47 Å². The normalized spacial score (nSPS) is 15.2. The highest BCUT2D eigenvalue weighted by Gasteiger charge is 2.34. The Balaban J connectivity index is 1.52. The van der Waals surface area contributed by atoms with E-state index >= 15 is 0 Å². The maximum Gasteiger partial charge on any atom is 0.261 e. The number of ether oxygens (including phenoxy) is 2. The van der Waals surface area contributed by atoms with Crippen LogP contribution in [-0.2, 0) is 0 Å². The number of nitrogens with one attached hydrogen (secondary N) is 1. The molecule has 1 aromatic heterocycles. The van der Waals surface area contributed by atoms with Gasteiger partial charge in [-0.15, -0.1) is 0 Å². The largest absolute Gasteiger partial charge is 0.454 e. The van der Waals surface area contributed by atoms with E-state index in [1.165, 1.54) is 0 Å². The number of anilines is 2. The molecule has 0 saturated carbocycles. The molecular formula is C33H22N2O3. The zero-order valence-corrected chi connectivity index (χ0v) is 20.3. The van der Waals surface area contributed by atoms with E-state index in [-0.39, 0.29) is 18.3 Å². The second-order valence-electron chi connectivity index (χ2n) is 9.70. The van der Waals surface area contributed by atoms with Gasteiger partial charge in [-0.25, -0.2) is 0 Å². The Morgan fingerprint density at radius 1 is 0.711 bits per heavy atom. The highest BCUT2D eigenvalue weighted by molar-refractivity contribution is 6.02. The van der Waals surface area contributed by atoms with Crippen molar-refractivity contribution in [1.29, 1.82) is 0 Å². The maximum atomic E-state index is 14.7. The van der Waals surface area contributed by atoms with Gasteiger partial charge in [0.25, 0.3) is 5.56 Å². The third-order valence-corrected chi connectivity index (χ3v) is 7.67. The van der Waals surface area contributed by atoms with Crippen LogP contribution in [0.1, 0.15) is 22.6 Å². The summed E-state index contributed by atoms with van der Waals surface area (Å²) in [7, 11) is 0. The Morgan fingerprint density at radius 3 is 2.37 bits per heavy atom. The summed E-state index contributed by atoms with van der Waals surface area (Å²) < 4.78 is 13.2. The lowest BCUT2D eigenvalue weighted by molar-refractivity contribution is 0.174. The predicted molar refractivity (Wildman–Crippen MR) is 150 cm³/mol. The molecule has 0 unspecified atom stereocenters. The smallest absolute Gasteiger partial charge is 0.261 e. The first-order valence-electron chi connectivity index (χ1n) is 12.7. The van der Waals surface area contributed by atoms with Gasteiger partial charge in [0.15, 0.2) is 11.5 Å². The van der Waals surface area contributed by atoms with Crippen molar-refractivity contribution in [2.45, 2.75) is 5.92 Å². The summed E-state index contributed by atoms with van der Waals surface area (Å²) >= 11 is 0. The summed E-state index contributed by atoms with van der Waals surface area (Å²) in [5.41, 5.74) is 6.30. The number of aromatic nitrogens is 1. The number of hydrogen-bond acceptors (Lipinski definition) is 4. The van der Waals surface area contributed by atoms with Gasteiger partial charge >= 0.3 is 0 Å². The molecule has 6 aromatic rings. The molecule has 0 amide bonds. The zero-order chi connectivity index (χ0) is 25.2. The first-order chi connectivity index (χ1) is 18.8. The number of hydrogen-bond donors (Lipinski definition) is 1. The lowest BCUT2D eigenvalue weighted by Gasteiger charge is -2.32. The second kappa shape index (κ2) is 7.98. The van der Waals surface area contributed by atoms with E-state index in [1.807, 2.05) is 71.3 Å². The van der Waals surface area contributed by atoms with Crippen LogP contribution in [0.5, 0.6) is 11.5 Å². The first kappa shape index (κ1) is 21.1. The minimum atomic E-state index is -0.311. The third-order valence-electron chi connectivity index (χ3n) is 7.67. The van der Waals surface area contributed by atoms with Gasteiger partial charge in [0.2, 0.25) is 6.79 Å². The van der Waals surface area contributed by atoms with Gasteiger partial charge in [-0.2, -0.15) is 0 Å². The molecule has 1 N–H and O–H groups in total. The highest BCUT2D eigenvalue weighted by atomic mass is 16.7. The van der Waals surface area contributed by atoms with E-state index in [9.17, 15) is 4.79 Å². The standard InChI is InChI=1S/C33H22N2O3/c36-33-31-29(21-15-17-27-28(18-21)38-19-37-27)30-23-11-5-4-8-20(23)14-16-25(30)34-32(31)24-12-6-7-13-26(24)35(33)22-9-2-1-3-10-22/h1-18,29,34H,19H2/t29-/m0/s1. The number of para-hydroxylation sites is 2. The van der Waals surface area contributed by atoms with Gasteiger partial charge < -0.3 is 14.8 Å². The summed E-state index contributed by atoms with van der Waals surface area (Å²) in [5.74, 6) is 1.11. The molecule has 2 aliphatic heterocycles. The molecule has 5 nitrogen and oxygen atoms in total. The Bertz CT molecular complexity index is 1960. The highest BCUT2D eigenvalue weighted by Crippen LogP contribution is 2.50. The average molecular weight is 495 g/mol. The number of nitrogens with zero attached hydrogens (tertiary/aromatic N) is 1. The van der Waals surface area contributed by atoms with Crippen LogP contribution in [0.25, 0.3) is 27.4 Å². The van der Waals surface area contributed by atoms with Crippen molar-refractivity contribution in [3.8, 4) is 17.2 Å². The number of rotatable bonds is 2. The molecule has 3 heterocycles. The van der Waals surface area contributed by atoms with Crippen molar-refractivity contribution >= 4 is 33.1 Å². The first-order valence-corrected chi connectivity index (χ1v) is 12.7. The van der Waals surface area contributed by atoms with E-state index in [0.29, 0.717) is 5.75 Å². The van der Waals surface area contributed by atoms with Gasteiger partial charge in [-0.3, -0.25) is 9.36 Å². The number of benzene rings is 5. The summed E-state index contributed by atoms with van der Waals surface area (Å²) in [6.45, 7) is 0.201. The van der Waals surface area contributed by atoms with Gasteiger partial charge in [0.1, 0.15) is 0 Å². The zero-order valence-electron chi connectivity index (χ0n) is 20.3. The predicted octanol–water partition coefficient (Wildman–Crippen LogP) is 7.11. The molecule has 0 saturated heterocycles. The average Bonchev–Trinajstić information content (AvgIpc) is 3.45. The SMILES string of the molecule is O=c1c2c(c3ccccc3n1-c1ccccc1)Nc1ccc3ccccc3c1[C@@H]2c1ccc2c(c1)OCO2. The maximum absolute atomic E-state index is 14.7. The van der Waals surface area contributed by atoms with Crippen LogP contribution in [0.15, 0.2) is 114 Å². The molecule has 0 bridgehead atoms. The Labute approximate surface area is 218 Å². The molecule has 0 aliphatic carbocycles. The second-order valence-corrected chi connectivity index (χ2v) is 9.70. The quantitative estimate of drug-likeness (QED) is 0.278. The van der Waals surface area contributed by atoms with Crippen molar-refractivity contribution in [2.24, 2.45) is 0 Å². The fourth-order valence-electron chi connectivity index (χ4n) is 6.02. The minimum absolute atomic E-state index is 0.0429. The molecule has 5 heteroatoms. The molecule has 5 aromatic carbocycles. The number of pyridine rings is 1. The van der Waals surface area contributed by atoms with Crippen LogP contribution in [-0.4, -0.2) is 11.4 Å². The molecule has 1 atom stereocenters. The van der Waals surface area contributed by atoms with Crippen LogP contribution < -0.4 is 20.3 Å². The van der Waals surface area contributed by atoms with E-state index in [0.717, 1.165) is 61.2 Å². The van der Waals surface area contributed by atoms with Gasteiger partial charge in [0, 0.05) is 22.7 Å². The van der Waals surface area contributed by atoms with Crippen LogP contribution in [0.3, 0.4) is 0 Å². The van der Waals surface area contributed by atoms with Crippen LogP contribution in [0, 0.1) is 0 Å². The van der Waals surface area contributed by atoms with Gasteiger partial charge in [-0.1, -0.05) is 72.8 Å². The molecule has 2 aliphatic rings. The summed E-state index contributed by atoms with van der Waals surface area (Å²) in [4.78, 5) is 14.7. The Hall–Kier alpha value is -5.03.